The van der Waals surface area contributed by atoms with E-state index >= 15 is 0 Å². The van der Waals surface area contributed by atoms with Crippen molar-refractivity contribution in [1.82, 2.24) is 19.9 Å². The molecule has 1 aromatic carbocycles. The smallest absolute Gasteiger partial charge is 0.230 e. The van der Waals surface area contributed by atoms with Crippen molar-refractivity contribution in [2.24, 2.45) is 5.41 Å². The van der Waals surface area contributed by atoms with Crippen LogP contribution < -0.4 is 9.64 Å². The van der Waals surface area contributed by atoms with Gasteiger partial charge in [0.1, 0.15) is 0 Å². The van der Waals surface area contributed by atoms with Crippen molar-refractivity contribution in [2.75, 3.05) is 31.6 Å². The number of nitrogens with one attached hydrogen (secondary N) is 1. The Morgan fingerprint density at radius 2 is 2.07 bits per heavy atom. The first-order valence-electron chi connectivity index (χ1n) is 10.6. The van der Waals surface area contributed by atoms with Crippen LogP contribution in [0.3, 0.4) is 0 Å². The Morgan fingerprint density at radius 1 is 1.20 bits per heavy atom. The lowest BCUT2D eigenvalue weighted by atomic mass is 9.78. The predicted molar refractivity (Wildman–Crippen MR) is 116 cm³/mol. The van der Waals surface area contributed by atoms with Crippen molar-refractivity contribution in [3.63, 3.8) is 0 Å². The number of likely N-dealkylation sites (tertiary alicyclic amines) is 1. The van der Waals surface area contributed by atoms with E-state index in [0.29, 0.717) is 24.9 Å². The van der Waals surface area contributed by atoms with Crippen LogP contribution >= 0.6 is 0 Å². The zero-order valence-corrected chi connectivity index (χ0v) is 17.5. The van der Waals surface area contributed by atoms with Crippen molar-refractivity contribution in [3.8, 4) is 5.88 Å². The van der Waals surface area contributed by atoms with E-state index in [1.807, 2.05) is 36.2 Å². The second kappa shape index (κ2) is 7.31. The van der Waals surface area contributed by atoms with Gasteiger partial charge in [0.2, 0.25) is 17.7 Å². The number of benzene rings is 1. The predicted octanol–water partition coefficient (Wildman–Crippen LogP) is 3.29. The van der Waals surface area contributed by atoms with Crippen LogP contribution in [0.4, 0.5) is 5.95 Å². The molecule has 0 saturated carbocycles. The number of methoxy groups -OCH3 is 1. The molecule has 1 amide bonds. The van der Waals surface area contributed by atoms with Gasteiger partial charge < -0.3 is 19.5 Å². The Morgan fingerprint density at radius 3 is 2.93 bits per heavy atom. The molecule has 5 rings (SSSR count). The Hall–Kier alpha value is -3.09. The maximum absolute atomic E-state index is 13.6. The largest absolute Gasteiger partial charge is 0.481 e. The van der Waals surface area contributed by atoms with Crippen molar-refractivity contribution >= 4 is 22.8 Å². The van der Waals surface area contributed by atoms with Crippen LogP contribution in [-0.4, -0.2) is 52.5 Å². The van der Waals surface area contributed by atoms with E-state index in [1.54, 1.807) is 7.11 Å². The van der Waals surface area contributed by atoms with Crippen LogP contribution in [0.25, 0.3) is 10.9 Å². The number of rotatable bonds is 4. The third-order valence-electron chi connectivity index (χ3n) is 6.53. The first-order chi connectivity index (χ1) is 14.6. The van der Waals surface area contributed by atoms with E-state index in [0.717, 1.165) is 43.6 Å². The molecule has 1 N–H and O–H groups in total. The maximum atomic E-state index is 13.6. The molecule has 1 atom stereocenters. The fraction of sp³-hybridized carbons (Fsp3) is 0.435. The number of hydrogen-bond acceptors (Lipinski definition) is 5. The molecule has 2 aromatic heterocycles. The van der Waals surface area contributed by atoms with Crippen LogP contribution in [-0.2, 0) is 11.3 Å². The average molecular weight is 406 g/mol. The molecule has 30 heavy (non-hydrogen) atoms. The monoisotopic (exact) mass is 405 g/mol. The third kappa shape index (κ3) is 3.18. The Bertz CT molecular complexity index is 1090. The second-order valence-electron chi connectivity index (χ2n) is 8.49. The van der Waals surface area contributed by atoms with Gasteiger partial charge >= 0.3 is 0 Å². The van der Waals surface area contributed by atoms with E-state index in [2.05, 4.69) is 32.0 Å². The molecule has 3 aromatic rings. The van der Waals surface area contributed by atoms with Crippen LogP contribution in [0.1, 0.15) is 30.5 Å². The van der Waals surface area contributed by atoms with Gasteiger partial charge in [-0.15, -0.1) is 0 Å². The van der Waals surface area contributed by atoms with Gasteiger partial charge in [0.25, 0.3) is 0 Å². The zero-order valence-electron chi connectivity index (χ0n) is 17.5. The third-order valence-corrected chi connectivity index (χ3v) is 6.53. The average Bonchev–Trinajstić information content (AvgIpc) is 3.37. The lowest BCUT2D eigenvalue weighted by molar-refractivity contribution is -0.145. The number of aromatic nitrogens is 3. The van der Waals surface area contributed by atoms with Gasteiger partial charge in [0, 0.05) is 55.0 Å². The molecule has 4 heterocycles. The summed E-state index contributed by atoms with van der Waals surface area (Å²) < 4.78 is 5.31. The fourth-order valence-corrected chi connectivity index (χ4v) is 4.96. The number of hydrogen-bond donors (Lipinski definition) is 1. The van der Waals surface area contributed by atoms with Crippen molar-refractivity contribution in [2.45, 2.75) is 32.7 Å². The van der Waals surface area contributed by atoms with Crippen molar-refractivity contribution in [3.05, 3.63) is 47.8 Å². The van der Waals surface area contributed by atoms with Gasteiger partial charge in [-0.1, -0.05) is 18.2 Å². The minimum Gasteiger partial charge on any atom is -0.481 e. The van der Waals surface area contributed by atoms with Gasteiger partial charge in [-0.05, 0) is 37.8 Å². The molecular formula is C23H27N5O2. The number of H-pyrrole nitrogens is 1. The lowest BCUT2D eigenvalue weighted by Gasteiger charge is -2.39. The number of piperidine rings is 1. The zero-order chi connectivity index (χ0) is 20.7. The number of ether oxygens (including phenoxy) is 1. The molecule has 7 heteroatoms. The standard InChI is InChI=1S/C23H27N5O2/c1-16-12-20(30-2)26-22(25-16)28-11-9-23(15-28)8-5-10-27(21(23)29)14-17-13-24-19-7-4-3-6-18(17)19/h3-4,6-7,12-13,24H,5,8-11,14-15H2,1-2H3/t23-/m1/s1. The first-order valence-corrected chi connectivity index (χ1v) is 10.6. The SMILES string of the molecule is COc1cc(C)nc(N2CC[C@]3(CCCN(Cc4c[nH]c5ccccc45)C3=O)C2)n1. The number of nitrogens with zero attached hydrogens (tertiary/aromatic N) is 4. The van der Waals surface area contributed by atoms with Crippen LogP contribution in [0.2, 0.25) is 0 Å². The summed E-state index contributed by atoms with van der Waals surface area (Å²) in [6.45, 7) is 4.87. The number of para-hydroxylation sites is 1. The molecule has 0 aliphatic carbocycles. The molecule has 2 saturated heterocycles. The Labute approximate surface area is 176 Å². The summed E-state index contributed by atoms with van der Waals surface area (Å²) in [6.07, 6.45) is 4.83. The highest BCUT2D eigenvalue weighted by molar-refractivity contribution is 5.87. The lowest BCUT2D eigenvalue weighted by Crippen LogP contribution is -2.49. The molecule has 156 valence electrons. The molecule has 1 spiro atoms. The Balaban J connectivity index is 1.36. The van der Waals surface area contributed by atoms with Crippen LogP contribution in [0.15, 0.2) is 36.5 Å². The highest BCUT2D eigenvalue weighted by Gasteiger charge is 2.49. The van der Waals surface area contributed by atoms with Crippen molar-refractivity contribution in [1.29, 1.82) is 0 Å². The minimum atomic E-state index is -0.343. The molecular weight excluding hydrogens is 378 g/mol. The summed E-state index contributed by atoms with van der Waals surface area (Å²) >= 11 is 0. The van der Waals surface area contributed by atoms with Gasteiger partial charge in [-0.3, -0.25) is 4.79 Å². The Kier molecular flexibility index (Phi) is 4.60. The van der Waals surface area contributed by atoms with E-state index in [-0.39, 0.29) is 11.3 Å². The van der Waals surface area contributed by atoms with Crippen molar-refractivity contribution < 1.29 is 9.53 Å². The highest BCUT2D eigenvalue weighted by atomic mass is 16.5. The van der Waals surface area contributed by atoms with E-state index < -0.39 is 0 Å². The van der Waals surface area contributed by atoms with Gasteiger partial charge in [-0.25, -0.2) is 4.98 Å². The summed E-state index contributed by atoms with van der Waals surface area (Å²) in [5.74, 6) is 1.49. The normalized spacial score (nSPS) is 21.7. The fourth-order valence-electron chi connectivity index (χ4n) is 4.96. The van der Waals surface area contributed by atoms with Gasteiger partial charge in [-0.2, -0.15) is 4.98 Å². The number of carbonyl (C=O) groups is 1. The molecule has 0 bridgehead atoms. The summed E-state index contributed by atoms with van der Waals surface area (Å²) in [5, 5.41) is 1.19. The second-order valence-corrected chi connectivity index (χ2v) is 8.49. The van der Waals surface area contributed by atoms with Gasteiger partial charge in [0.05, 0.1) is 12.5 Å². The number of aryl methyl sites for hydroxylation is 1. The molecule has 2 aliphatic rings. The summed E-state index contributed by atoms with van der Waals surface area (Å²) in [7, 11) is 1.62. The number of carbonyl (C=O) groups excluding carboxylic acids is 1. The number of aromatic amines is 1. The van der Waals surface area contributed by atoms with Gasteiger partial charge in [0.15, 0.2) is 0 Å². The molecule has 7 nitrogen and oxygen atoms in total. The molecule has 2 fully saturated rings. The first kappa shape index (κ1) is 18.9. The van der Waals surface area contributed by atoms with Crippen LogP contribution in [0.5, 0.6) is 5.88 Å². The summed E-state index contributed by atoms with van der Waals surface area (Å²) in [6, 6.07) is 10.1. The molecule has 0 unspecified atom stereocenters. The van der Waals surface area contributed by atoms with E-state index in [1.165, 1.54) is 10.9 Å². The summed E-state index contributed by atoms with van der Waals surface area (Å²) in [4.78, 5) is 30.2. The summed E-state index contributed by atoms with van der Waals surface area (Å²) in [5.41, 5.74) is 2.82. The number of fused-ring (bicyclic) bond motifs is 1. The number of amides is 1. The van der Waals surface area contributed by atoms with E-state index in [9.17, 15) is 4.79 Å². The molecule has 0 radical (unpaired) electrons. The molecule has 2 aliphatic heterocycles. The maximum Gasteiger partial charge on any atom is 0.230 e. The van der Waals surface area contributed by atoms with E-state index in [4.69, 9.17) is 4.74 Å². The minimum absolute atomic E-state index is 0.265. The highest BCUT2D eigenvalue weighted by Crippen LogP contribution is 2.41. The van der Waals surface area contributed by atoms with Crippen LogP contribution in [0, 0.1) is 12.3 Å². The quantitative estimate of drug-likeness (QED) is 0.721. The topological polar surface area (TPSA) is 74.3 Å². The number of anilines is 1.